The number of benzene rings is 1. The molecule has 0 aromatic heterocycles. The Morgan fingerprint density at radius 3 is 2.65 bits per heavy atom. The van der Waals surface area contributed by atoms with Gasteiger partial charge in [-0.3, -0.25) is 0 Å². The van der Waals surface area contributed by atoms with Crippen molar-refractivity contribution in [3.05, 3.63) is 27.8 Å². The topological polar surface area (TPSA) is 69.6 Å². The molecule has 2 amide bonds. The van der Waals surface area contributed by atoms with Crippen LogP contribution < -0.4 is 5.32 Å². The molecular formula is C11H13IN2O3. The van der Waals surface area contributed by atoms with Crippen molar-refractivity contribution in [1.29, 1.82) is 0 Å². The second-order valence-electron chi connectivity index (χ2n) is 3.57. The highest BCUT2D eigenvalue weighted by Gasteiger charge is 2.21. The number of anilines is 1. The molecule has 2 N–H and O–H groups in total. The van der Waals surface area contributed by atoms with Crippen LogP contribution in [0.2, 0.25) is 0 Å². The Morgan fingerprint density at radius 2 is 2.12 bits per heavy atom. The number of urea groups is 1. The number of hydrogen-bond acceptors (Lipinski definition) is 2. The Bertz CT molecular complexity index is 436. The molecule has 0 bridgehead atoms. The second kappa shape index (κ2) is 5.85. The molecule has 1 unspecified atom stereocenters. The van der Waals surface area contributed by atoms with Gasteiger partial charge in [-0.1, -0.05) is 6.07 Å². The van der Waals surface area contributed by atoms with Crippen LogP contribution in [-0.2, 0) is 4.79 Å². The van der Waals surface area contributed by atoms with Crippen molar-refractivity contribution >= 4 is 40.3 Å². The highest BCUT2D eigenvalue weighted by molar-refractivity contribution is 14.1. The number of hydrogen-bond donors (Lipinski definition) is 2. The Morgan fingerprint density at radius 1 is 1.47 bits per heavy atom. The first-order valence-corrected chi connectivity index (χ1v) is 6.02. The summed E-state index contributed by atoms with van der Waals surface area (Å²) in [7, 11) is 1.45. The van der Waals surface area contributed by atoms with Gasteiger partial charge in [-0.15, -0.1) is 0 Å². The van der Waals surface area contributed by atoms with E-state index in [1.807, 2.05) is 12.1 Å². The van der Waals surface area contributed by atoms with Crippen LogP contribution in [0.25, 0.3) is 0 Å². The number of amides is 2. The maximum atomic E-state index is 11.7. The van der Waals surface area contributed by atoms with Crippen molar-refractivity contribution in [3.8, 4) is 0 Å². The minimum absolute atomic E-state index is 0.443. The monoisotopic (exact) mass is 348 g/mol. The lowest BCUT2D eigenvalue weighted by molar-refractivity contribution is -0.141. The average Bonchev–Trinajstić information content (AvgIpc) is 2.26. The number of carbonyl (C=O) groups is 2. The first-order chi connectivity index (χ1) is 7.91. The van der Waals surface area contributed by atoms with Crippen LogP contribution in [0.15, 0.2) is 24.3 Å². The molecule has 6 heteroatoms. The van der Waals surface area contributed by atoms with Gasteiger partial charge in [-0.05, 0) is 47.7 Å². The number of rotatable bonds is 3. The molecule has 0 radical (unpaired) electrons. The van der Waals surface area contributed by atoms with E-state index in [2.05, 4.69) is 27.9 Å². The summed E-state index contributed by atoms with van der Waals surface area (Å²) >= 11 is 2.13. The molecule has 1 rings (SSSR count). The van der Waals surface area contributed by atoms with Crippen molar-refractivity contribution in [2.45, 2.75) is 13.0 Å². The fourth-order valence-corrected chi connectivity index (χ4v) is 1.66. The minimum atomic E-state index is -1.04. The van der Waals surface area contributed by atoms with E-state index in [0.717, 1.165) is 8.47 Å². The second-order valence-corrected chi connectivity index (χ2v) is 4.81. The average molecular weight is 348 g/mol. The number of likely N-dealkylation sites (N-methyl/N-ethyl adjacent to an activating group) is 1. The third kappa shape index (κ3) is 3.88. The highest BCUT2D eigenvalue weighted by Crippen LogP contribution is 2.13. The van der Waals surface area contributed by atoms with Crippen molar-refractivity contribution in [3.63, 3.8) is 0 Å². The quantitative estimate of drug-likeness (QED) is 0.823. The number of carboxylic acids is 1. The number of carbonyl (C=O) groups excluding carboxylic acids is 1. The number of nitrogens with zero attached hydrogens (tertiary/aromatic N) is 1. The van der Waals surface area contributed by atoms with Crippen molar-refractivity contribution < 1.29 is 14.7 Å². The van der Waals surface area contributed by atoms with Crippen molar-refractivity contribution in [1.82, 2.24) is 4.90 Å². The van der Waals surface area contributed by atoms with Gasteiger partial charge in [0.25, 0.3) is 0 Å². The molecule has 0 saturated heterocycles. The van der Waals surface area contributed by atoms with E-state index in [4.69, 9.17) is 5.11 Å². The summed E-state index contributed by atoms with van der Waals surface area (Å²) in [5.41, 5.74) is 0.645. The van der Waals surface area contributed by atoms with Crippen LogP contribution in [0.5, 0.6) is 0 Å². The third-order valence-electron chi connectivity index (χ3n) is 2.33. The summed E-state index contributed by atoms with van der Waals surface area (Å²) in [5.74, 6) is -1.04. The van der Waals surface area contributed by atoms with Crippen molar-refractivity contribution in [2.75, 3.05) is 12.4 Å². The predicted octanol–water partition coefficient (Wildman–Crippen LogP) is 2.23. The zero-order chi connectivity index (χ0) is 13.0. The summed E-state index contributed by atoms with van der Waals surface area (Å²) in [6, 6.07) is 5.97. The van der Waals surface area contributed by atoms with E-state index >= 15 is 0 Å². The lowest BCUT2D eigenvalue weighted by Crippen LogP contribution is -2.42. The minimum Gasteiger partial charge on any atom is -0.480 e. The number of halogens is 1. The lowest BCUT2D eigenvalue weighted by atomic mass is 10.3. The largest absolute Gasteiger partial charge is 0.480 e. The van der Waals surface area contributed by atoms with E-state index in [9.17, 15) is 9.59 Å². The van der Waals surface area contributed by atoms with Crippen LogP contribution in [0, 0.1) is 3.57 Å². The summed E-state index contributed by atoms with van der Waals surface area (Å²) in [5, 5.41) is 11.4. The molecule has 1 atom stereocenters. The molecule has 0 aliphatic heterocycles. The molecule has 92 valence electrons. The van der Waals surface area contributed by atoms with Crippen LogP contribution >= 0.6 is 22.6 Å². The maximum Gasteiger partial charge on any atom is 0.326 e. The molecule has 1 aromatic rings. The van der Waals surface area contributed by atoms with Gasteiger partial charge in [0, 0.05) is 16.3 Å². The van der Waals surface area contributed by atoms with Crippen molar-refractivity contribution in [2.24, 2.45) is 0 Å². The summed E-state index contributed by atoms with van der Waals surface area (Å²) < 4.78 is 0.995. The van der Waals surface area contributed by atoms with Gasteiger partial charge in [-0.2, -0.15) is 0 Å². The van der Waals surface area contributed by atoms with Gasteiger partial charge in [0.15, 0.2) is 0 Å². The molecular weight excluding hydrogens is 335 g/mol. The zero-order valence-electron chi connectivity index (χ0n) is 9.48. The standard InChI is InChI=1S/C11H13IN2O3/c1-7(10(15)16)14(2)11(17)13-9-5-3-4-8(12)6-9/h3-7H,1-2H3,(H,13,17)(H,15,16). The highest BCUT2D eigenvalue weighted by atomic mass is 127. The van der Waals surface area contributed by atoms with Gasteiger partial charge < -0.3 is 15.3 Å². The zero-order valence-corrected chi connectivity index (χ0v) is 11.6. The number of carboxylic acid groups (broad SMARTS) is 1. The van der Waals surface area contributed by atoms with Gasteiger partial charge in [0.1, 0.15) is 6.04 Å². The molecule has 0 fully saturated rings. The predicted molar refractivity (Wildman–Crippen MR) is 73.0 cm³/mol. The van der Waals surface area contributed by atoms with E-state index < -0.39 is 18.0 Å². The first-order valence-electron chi connectivity index (χ1n) is 4.94. The molecule has 0 aliphatic carbocycles. The normalized spacial score (nSPS) is 11.7. The van der Waals surface area contributed by atoms with Crippen LogP contribution in [0.3, 0.4) is 0 Å². The van der Waals surface area contributed by atoms with Gasteiger partial charge in [0.05, 0.1) is 0 Å². The third-order valence-corrected chi connectivity index (χ3v) is 3.01. The Kier molecular flexibility index (Phi) is 4.73. The Labute approximate surface area is 113 Å². The van der Waals surface area contributed by atoms with E-state index in [-0.39, 0.29) is 0 Å². The molecule has 0 saturated carbocycles. The van der Waals surface area contributed by atoms with Crippen LogP contribution in [0.4, 0.5) is 10.5 Å². The van der Waals surface area contributed by atoms with Gasteiger partial charge in [-0.25, -0.2) is 9.59 Å². The molecule has 0 spiro atoms. The first kappa shape index (κ1) is 13.8. The van der Waals surface area contributed by atoms with Crippen LogP contribution in [0.1, 0.15) is 6.92 Å². The summed E-state index contributed by atoms with van der Waals surface area (Å²) in [4.78, 5) is 23.6. The SMILES string of the molecule is CC(C(=O)O)N(C)C(=O)Nc1cccc(I)c1. The Balaban J connectivity index is 2.69. The maximum absolute atomic E-state index is 11.7. The van der Waals surface area contributed by atoms with Crippen LogP contribution in [-0.4, -0.2) is 35.1 Å². The lowest BCUT2D eigenvalue weighted by Gasteiger charge is -2.21. The molecule has 1 aromatic carbocycles. The van der Waals surface area contributed by atoms with E-state index in [1.165, 1.54) is 14.0 Å². The van der Waals surface area contributed by atoms with Gasteiger partial charge >= 0.3 is 12.0 Å². The molecule has 0 aliphatic rings. The molecule has 0 heterocycles. The fourth-order valence-electron chi connectivity index (χ4n) is 1.12. The number of nitrogens with one attached hydrogen (secondary N) is 1. The number of aliphatic carboxylic acids is 1. The summed E-state index contributed by atoms with van der Waals surface area (Å²) in [6.45, 7) is 1.46. The fraction of sp³-hybridized carbons (Fsp3) is 0.273. The van der Waals surface area contributed by atoms with Gasteiger partial charge in [0.2, 0.25) is 0 Å². The Hall–Kier alpha value is -1.31. The van der Waals surface area contributed by atoms with E-state index in [0.29, 0.717) is 5.69 Å². The smallest absolute Gasteiger partial charge is 0.326 e. The molecule has 17 heavy (non-hydrogen) atoms. The summed E-state index contributed by atoms with van der Waals surface area (Å²) in [6.07, 6.45) is 0. The van der Waals surface area contributed by atoms with E-state index in [1.54, 1.807) is 12.1 Å². The molecule has 5 nitrogen and oxygen atoms in total.